The smallest absolute Gasteiger partial charge is 0.306 e. The van der Waals surface area contributed by atoms with Gasteiger partial charge in [-0.15, -0.1) is 0 Å². The molecule has 0 radical (unpaired) electrons. The molecule has 0 amide bonds. The fourth-order valence-electron chi connectivity index (χ4n) is 4.19. The zero-order valence-electron chi connectivity index (χ0n) is 10.5. The van der Waals surface area contributed by atoms with Crippen molar-refractivity contribution in [3.63, 3.8) is 0 Å². The second-order valence-corrected chi connectivity index (χ2v) is 6.58. The Labute approximate surface area is 107 Å². The molecule has 2 aliphatic heterocycles. The number of ether oxygens (including phenoxy) is 2. The summed E-state index contributed by atoms with van der Waals surface area (Å²) in [6.07, 6.45) is 8.61. The summed E-state index contributed by atoms with van der Waals surface area (Å²) in [5, 5.41) is 9.05. The zero-order chi connectivity index (χ0) is 12.3. The first kappa shape index (κ1) is 11.2. The van der Waals surface area contributed by atoms with E-state index in [-0.39, 0.29) is 17.6 Å². The Balaban J connectivity index is 1.35. The third kappa shape index (κ3) is 1.77. The number of hydrogen-bond donors (Lipinski definition) is 1. The van der Waals surface area contributed by atoms with Crippen molar-refractivity contribution in [2.24, 2.45) is 11.8 Å². The number of carboxylic acids is 1. The zero-order valence-corrected chi connectivity index (χ0v) is 10.5. The predicted molar refractivity (Wildman–Crippen MR) is 63.2 cm³/mol. The van der Waals surface area contributed by atoms with Crippen molar-refractivity contribution < 1.29 is 19.4 Å². The molecule has 0 bridgehead atoms. The highest BCUT2D eigenvalue weighted by atomic mass is 16.6. The van der Waals surface area contributed by atoms with Gasteiger partial charge in [-0.05, 0) is 50.9 Å². The Morgan fingerprint density at radius 3 is 2.83 bits per heavy atom. The van der Waals surface area contributed by atoms with Crippen molar-refractivity contribution in [1.29, 1.82) is 0 Å². The first-order valence-electron chi connectivity index (χ1n) is 7.22. The van der Waals surface area contributed by atoms with Crippen LogP contribution in [0.4, 0.5) is 0 Å². The molecule has 0 aromatic rings. The first-order chi connectivity index (χ1) is 8.66. The summed E-state index contributed by atoms with van der Waals surface area (Å²) in [5.41, 5.74) is 0.0539. The largest absolute Gasteiger partial charge is 0.481 e. The molecule has 4 fully saturated rings. The van der Waals surface area contributed by atoms with Gasteiger partial charge in [0, 0.05) is 0 Å². The van der Waals surface area contributed by atoms with Gasteiger partial charge in [-0.3, -0.25) is 4.79 Å². The van der Waals surface area contributed by atoms with Crippen molar-refractivity contribution in [1.82, 2.24) is 0 Å². The fourth-order valence-corrected chi connectivity index (χ4v) is 4.19. The average molecular weight is 252 g/mol. The van der Waals surface area contributed by atoms with Gasteiger partial charge in [0.2, 0.25) is 0 Å². The van der Waals surface area contributed by atoms with E-state index in [1.54, 1.807) is 0 Å². The Morgan fingerprint density at radius 1 is 1.22 bits per heavy atom. The maximum atomic E-state index is 11.0. The number of carboxylic acid groups (broad SMARTS) is 1. The second kappa shape index (κ2) is 3.70. The highest BCUT2D eigenvalue weighted by molar-refractivity contribution is 5.70. The molecule has 0 aromatic heterocycles. The van der Waals surface area contributed by atoms with E-state index in [4.69, 9.17) is 14.6 Å². The molecule has 2 aliphatic carbocycles. The van der Waals surface area contributed by atoms with E-state index in [1.165, 1.54) is 19.3 Å². The molecule has 4 nitrogen and oxygen atoms in total. The molecular weight excluding hydrogens is 232 g/mol. The van der Waals surface area contributed by atoms with Crippen LogP contribution in [0.5, 0.6) is 0 Å². The number of epoxide rings is 2. The van der Waals surface area contributed by atoms with Crippen molar-refractivity contribution in [3.8, 4) is 0 Å². The fraction of sp³-hybridized carbons (Fsp3) is 0.929. The molecule has 4 aliphatic rings. The topological polar surface area (TPSA) is 62.4 Å². The van der Waals surface area contributed by atoms with E-state index in [1.807, 2.05) is 0 Å². The molecule has 6 unspecified atom stereocenters. The van der Waals surface area contributed by atoms with E-state index in [2.05, 4.69) is 0 Å². The van der Waals surface area contributed by atoms with Gasteiger partial charge >= 0.3 is 5.97 Å². The van der Waals surface area contributed by atoms with E-state index in [0.29, 0.717) is 12.2 Å². The lowest BCUT2D eigenvalue weighted by Crippen LogP contribution is -2.31. The standard InChI is InChI=1S/C14H20O4/c15-13(16)9-3-4-14(12(6-9)18-14)7-8-1-2-10-11(5-8)17-10/h8-12H,1-7H2,(H,15,16). The highest BCUT2D eigenvalue weighted by Gasteiger charge is 2.61. The van der Waals surface area contributed by atoms with Crippen LogP contribution in [-0.4, -0.2) is 35.0 Å². The monoisotopic (exact) mass is 252 g/mol. The minimum absolute atomic E-state index is 0.0539. The van der Waals surface area contributed by atoms with Crippen LogP contribution in [0.1, 0.15) is 44.9 Å². The van der Waals surface area contributed by atoms with Gasteiger partial charge in [0.15, 0.2) is 0 Å². The summed E-state index contributed by atoms with van der Waals surface area (Å²) >= 11 is 0. The van der Waals surface area contributed by atoms with E-state index >= 15 is 0 Å². The lowest BCUT2D eigenvalue weighted by molar-refractivity contribution is -0.142. The summed E-state index contributed by atoms with van der Waals surface area (Å²) in [7, 11) is 0. The van der Waals surface area contributed by atoms with Gasteiger partial charge < -0.3 is 14.6 Å². The van der Waals surface area contributed by atoms with Gasteiger partial charge in [-0.1, -0.05) is 0 Å². The molecule has 100 valence electrons. The van der Waals surface area contributed by atoms with Crippen LogP contribution in [0, 0.1) is 11.8 Å². The van der Waals surface area contributed by atoms with Gasteiger partial charge in [0.05, 0.1) is 29.8 Å². The van der Waals surface area contributed by atoms with Crippen molar-refractivity contribution in [2.45, 2.75) is 68.9 Å². The molecule has 2 heterocycles. The van der Waals surface area contributed by atoms with Crippen molar-refractivity contribution in [3.05, 3.63) is 0 Å². The van der Waals surface area contributed by atoms with Crippen LogP contribution in [0.25, 0.3) is 0 Å². The van der Waals surface area contributed by atoms with E-state index in [9.17, 15) is 4.79 Å². The van der Waals surface area contributed by atoms with Crippen LogP contribution in [0.2, 0.25) is 0 Å². The number of carbonyl (C=O) groups is 1. The lowest BCUT2D eigenvalue weighted by Gasteiger charge is -2.26. The average Bonchev–Trinajstić information content (AvgIpc) is 3.21. The molecule has 18 heavy (non-hydrogen) atoms. The Hall–Kier alpha value is -0.610. The first-order valence-corrected chi connectivity index (χ1v) is 7.22. The minimum Gasteiger partial charge on any atom is -0.481 e. The SMILES string of the molecule is O=C(O)C1CCC2(CC3CCC4OC4C3)OC2C1. The summed E-state index contributed by atoms with van der Waals surface area (Å²) in [5.74, 6) is -0.0840. The quantitative estimate of drug-likeness (QED) is 0.780. The molecule has 4 heteroatoms. The Kier molecular flexibility index (Phi) is 2.31. The third-order valence-corrected chi connectivity index (χ3v) is 5.42. The minimum atomic E-state index is -0.647. The molecule has 0 spiro atoms. The van der Waals surface area contributed by atoms with E-state index < -0.39 is 5.97 Å². The van der Waals surface area contributed by atoms with Gasteiger partial charge in [-0.25, -0.2) is 0 Å². The summed E-state index contributed by atoms with van der Waals surface area (Å²) in [6, 6.07) is 0. The molecule has 4 rings (SSSR count). The van der Waals surface area contributed by atoms with Crippen LogP contribution in [0.3, 0.4) is 0 Å². The predicted octanol–water partition coefficient (Wildman–Crippen LogP) is 1.97. The maximum Gasteiger partial charge on any atom is 0.306 e. The number of aliphatic carboxylic acids is 1. The maximum absolute atomic E-state index is 11.0. The molecule has 6 atom stereocenters. The van der Waals surface area contributed by atoms with E-state index in [0.717, 1.165) is 31.6 Å². The number of fused-ring (bicyclic) bond motifs is 2. The molecular formula is C14H20O4. The molecule has 1 N–H and O–H groups in total. The van der Waals surface area contributed by atoms with Crippen molar-refractivity contribution in [2.75, 3.05) is 0 Å². The second-order valence-electron chi connectivity index (χ2n) is 6.58. The summed E-state index contributed by atoms with van der Waals surface area (Å²) < 4.78 is 11.5. The normalized spacial score (nSPS) is 53.2. The number of rotatable bonds is 3. The molecule has 2 saturated heterocycles. The molecule has 2 saturated carbocycles. The summed E-state index contributed by atoms with van der Waals surface area (Å²) in [6.45, 7) is 0. The van der Waals surface area contributed by atoms with Gasteiger partial charge in [0.1, 0.15) is 0 Å². The Bertz CT molecular complexity index is 382. The van der Waals surface area contributed by atoms with Gasteiger partial charge in [0.25, 0.3) is 0 Å². The molecule has 0 aromatic carbocycles. The summed E-state index contributed by atoms with van der Waals surface area (Å²) in [4.78, 5) is 11.0. The lowest BCUT2D eigenvalue weighted by atomic mass is 9.75. The highest BCUT2D eigenvalue weighted by Crippen LogP contribution is 2.55. The van der Waals surface area contributed by atoms with Gasteiger partial charge in [-0.2, -0.15) is 0 Å². The van der Waals surface area contributed by atoms with Crippen LogP contribution in [0.15, 0.2) is 0 Å². The third-order valence-electron chi connectivity index (χ3n) is 5.42. The van der Waals surface area contributed by atoms with Crippen molar-refractivity contribution >= 4 is 5.97 Å². The Morgan fingerprint density at radius 2 is 2.11 bits per heavy atom. The van der Waals surface area contributed by atoms with Crippen LogP contribution in [-0.2, 0) is 14.3 Å². The number of hydrogen-bond acceptors (Lipinski definition) is 3. The van der Waals surface area contributed by atoms with Crippen LogP contribution < -0.4 is 0 Å². The van der Waals surface area contributed by atoms with Crippen LogP contribution >= 0.6 is 0 Å².